The Balaban J connectivity index is 1.59. The van der Waals surface area contributed by atoms with Crippen molar-refractivity contribution in [3.05, 3.63) is 28.4 Å². The lowest BCUT2D eigenvalue weighted by atomic mass is 9.57. The number of pyridine rings is 1. The molecule has 1 aromatic rings. The van der Waals surface area contributed by atoms with E-state index in [9.17, 15) is 14.9 Å². The van der Waals surface area contributed by atoms with E-state index in [0.717, 1.165) is 44.6 Å². The molecule has 1 spiro atoms. The molecule has 2 heterocycles. The highest BCUT2D eigenvalue weighted by Gasteiger charge is 2.48. The number of carboxylic acids is 1. The van der Waals surface area contributed by atoms with Crippen LogP contribution in [0.1, 0.15) is 25.7 Å². The molecule has 1 aliphatic heterocycles. The van der Waals surface area contributed by atoms with Gasteiger partial charge in [-0.3, -0.25) is 14.9 Å². The van der Waals surface area contributed by atoms with Crippen molar-refractivity contribution in [2.75, 3.05) is 18.0 Å². The predicted molar refractivity (Wildman–Crippen MR) is 75.1 cm³/mol. The molecule has 0 radical (unpaired) electrons. The summed E-state index contributed by atoms with van der Waals surface area (Å²) in [5, 5.41) is 19.6. The van der Waals surface area contributed by atoms with Crippen molar-refractivity contribution in [2.24, 2.45) is 11.3 Å². The summed E-state index contributed by atoms with van der Waals surface area (Å²) >= 11 is 0. The number of rotatable bonds is 3. The van der Waals surface area contributed by atoms with Crippen LogP contribution in [0.5, 0.6) is 0 Å². The minimum absolute atomic E-state index is 0.00415. The van der Waals surface area contributed by atoms with Gasteiger partial charge in [-0.15, -0.1) is 0 Å². The van der Waals surface area contributed by atoms with Crippen LogP contribution in [0.4, 0.5) is 11.5 Å². The number of aromatic nitrogens is 1. The molecule has 0 unspecified atom stereocenters. The first kappa shape index (κ1) is 13.8. The third kappa shape index (κ3) is 2.55. The van der Waals surface area contributed by atoms with Crippen molar-refractivity contribution in [1.82, 2.24) is 4.98 Å². The molecule has 112 valence electrons. The maximum Gasteiger partial charge on any atom is 0.306 e. The van der Waals surface area contributed by atoms with E-state index in [0.29, 0.717) is 0 Å². The first-order chi connectivity index (χ1) is 9.99. The molecule has 7 nitrogen and oxygen atoms in total. The van der Waals surface area contributed by atoms with Gasteiger partial charge in [-0.2, -0.15) is 0 Å². The van der Waals surface area contributed by atoms with Gasteiger partial charge in [-0.1, -0.05) is 0 Å². The van der Waals surface area contributed by atoms with Gasteiger partial charge >= 0.3 is 5.97 Å². The number of hydrogen-bond acceptors (Lipinski definition) is 5. The quantitative estimate of drug-likeness (QED) is 0.676. The summed E-state index contributed by atoms with van der Waals surface area (Å²) in [5.41, 5.74) is 0.191. The molecule has 1 aromatic heterocycles. The highest BCUT2D eigenvalue weighted by molar-refractivity contribution is 5.71. The van der Waals surface area contributed by atoms with E-state index in [1.54, 1.807) is 6.07 Å². The standard InChI is InChI=1S/C14H17N3O4/c18-13(19)10-7-14(8-10)3-5-16(6-4-14)12-2-1-11(9-15-12)17(20)21/h1-2,9-10H,3-8H2,(H,18,19). The molecule has 21 heavy (non-hydrogen) atoms. The van der Waals surface area contributed by atoms with Crippen molar-refractivity contribution < 1.29 is 14.8 Å². The van der Waals surface area contributed by atoms with Crippen LogP contribution in [-0.2, 0) is 4.79 Å². The number of piperidine rings is 1. The third-order valence-electron chi connectivity index (χ3n) is 4.80. The Kier molecular flexibility index (Phi) is 3.27. The Hall–Kier alpha value is -2.18. The normalized spacial score (nSPS) is 21.0. The molecule has 0 amide bonds. The molecule has 1 N–H and O–H groups in total. The van der Waals surface area contributed by atoms with Crippen molar-refractivity contribution in [1.29, 1.82) is 0 Å². The predicted octanol–water partition coefficient (Wildman–Crippen LogP) is 2.07. The van der Waals surface area contributed by atoms with Gasteiger partial charge in [0, 0.05) is 19.2 Å². The van der Waals surface area contributed by atoms with Gasteiger partial charge in [0.1, 0.15) is 12.0 Å². The van der Waals surface area contributed by atoms with Gasteiger partial charge in [0.05, 0.1) is 10.8 Å². The van der Waals surface area contributed by atoms with Gasteiger partial charge < -0.3 is 10.0 Å². The maximum absolute atomic E-state index is 10.9. The molecule has 1 saturated heterocycles. The Morgan fingerprint density at radius 2 is 2.05 bits per heavy atom. The molecule has 0 bridgehead atoms. The number of aliphatic carboxylic acids is 1. The smallest absolute Gasteiger partial charge is 0.306 e. The average Bonchev–Trinajstić information content (AvgIpc) is 2.45. The molecule has 7 heteroatoms. The van der Waals surface area contributed by atoms with E-state index in [4.69, 9.17) is 5.11 Å². The molecular weight excluding hydrogens is 274 g/mol. The molecule has 3 rings (SSSR count). The fraction of sp³-hybridized carbons (Fsp3) is 0.571. The Morgan fingerprint density at radius 1 is 1.38 bits per heavy atom. The number of carbonyl (C=O) groups is 1. The molecule has 0 aromatic carbocycles. The highest BCUT2D eigenvalue weighted by Crippen LogP contribution is 2.52. The van der Waals surface area contributed by atoms with Crippen molar-refractivity contribution in [3.63, 3.8) is 0 Å². The number of carboxylic acid groups (broad SMARTS) is 1. The zero-order chi connectivity index (χ0) is 15.0. The maximum atomic E-state index is 10.9. The number of hydrogen-bond donors (Lipinski definition) is 1. The largest absolute Gasteiger partial charge is 0.481 e. The molecule has 2 aliphatic rings. The summed E-state index contributed by atoms with van der Waals surface area (Å²) in [6.07, 6.45) is 4.78. The van der Waals surface area contributed by atoms with Gasteiger partial charge in [-0.25, -0.2) is 4.98 Å². The van der Waals surface area contributed by atoms with Crippen LogP contribution in [-0.4, -0.2) is 34.1 Å². The van der Waals surface area contributed by atoms with Gasteiger partial charge in [0.25, 0.3) is 5.69 Å². The lowest BCUT2D eigenvalue weighted by molar-refractivity contribution is -0.385. The molecule has 0 atom stereocenters. The van der Waals surface area contributed by atoms with E-state index in [1.807, 2.05) is 0 Å². The van der Waals surface area contributed by atoms with E-state index in [-0.39, 0.29) is 17.0 Å². The SMILES string of the molecule is O=C(O)C1CC2(CCN(c3ccc([N+](=O)[O-])cn3)CC2)C1. The lowest BCUT2D eigenvalue weighted by Gasteiger charge is -2.51. The van der Waals surface area contributed by atoms with Crippen LogP contribution in [0.3, 0.4) is 0 Å². The van der Waals surface area contributed by atoms with Crippen LogP contribution >= 0.6 is 0 Å². The van der Waals surface area contributed by atoms with Crippen LogP contribution in [0, 0.1) is 21.4 Å². The summed E-state index contributed by atoms with van der Waals surface area (Å²) in [4.78, 5) is 27.3. The summed E-state index contributed by atoms with van der Waals surface area (Å²) in [7, 11) is 0. The average molecular weight is 291 g/mol. The van der Waals surface area contributed by atoms with Gasteiger partial charge in [0.15, 0.2) is 0 Å². The van der Waals surface area contributed by atoms with Crippen molar-refractivity contribution >= 4 is 17.5 Å². The summed E-state index contributed by atoms with van der Waals surface area (Å²) in [6, 6.07) is 3.15. The second-order valence-electron chi connectivity index (χ2n) is 6.06. The molecule has 1 aliphatic carbocycles. The van der Waals surface area contributed by atoms with Crippen LogP contribution < -0.4 is 4.90 Å². The minimum atomic E-state index is -0.680. The van der Waals surface area contributed by atoms with E-state index in [1.165, 1.54) is 12.3 Å². The highest BCUT2D eigenvalue weighted by atomic mass is 16.6. The zero-order valence-electron chi connectivity index (χ0n) is 11.6. The summed E-state index contributed by atoms with van der Waals surface area (Å²) in [5.74, 6) is -0.0984. The monoisotopic (exact) mass is 291 g/mol. The summed E-state index contributed by atoms with van der Waals surface area (Å²) in [6.45, 7) is 1.66. The second-order valence-corrected chi connectivity index (χ2v) is 6.06. The Morgan fingerprint density at radius 3 is 2.52 bits per heavy atom. The fourth-order valence-electron chi connectivity index (χ4n) is 3.45. The van der Waals surface area contributed by atoms with Crippen molar-refractivity contribution in [3.8, 4) is 0 Å². The Bertz CT molecular complexity index is 556. The number of nitro groups is 1. The third-order valence-corrected chi connectivity index (χ3v) is 4.80. The Labute approximate surface area is 121 Å². The number of anilines is 1. The molecular formula is C14H17N3O4. The lowest BCUT2D eigenvalue weighted by Crippen LogP contribution is -2.49. The van der Waals surface area contributed by atoms with E-state index >= 15 is 0 Å². The van der Waals surface area contributed by atoms with E-state index in [2.05, 4.69) is 9.88 Å². The minimum Gasteiger partial charge on any atom is -0.481 e. The molecule has 1 saturated carbocycles. The zero-order valence-corrected chi connectivity index (χ0v) is 11.6. The number of nitrogens with zero attached hydrogens (tertiary/aromatic N) is 3. The van der Waals surface area contributed by atoms with Crippen LogP contribution in [0.25, 0.3) is 0 Å². The topological polar surface area (TPSA) is 96.6 Å². The van der Waals surface area contributed by atoms with Crippen LogP contribution in [0.15, 0.2) is 18.3 Å². The molecule has 2 fully saturated rings. The fourth-order valence-corrected chi connectivity index (χ4v) is 3.45. The second kappa shape index (κ2) is 4.98. The summed E-state index contributed by atoms with van der Waals surface area (Å²) < 4.78 is 0. The van der Waals surface area contributed by atoms with Crippen molar-refractivity contribution in [2.45, 2.75) is 25.7 Å². The first-order valence-electron chi connectivity index (χ1n) is 7.07. The van der Waals surface area contributed by atoms with Gasteiger partial charge in [-0.05, 0) is 37.2 Å². The van der Waals surface area contributed by atoms with Gasteiger partial charge in [0.2, 0.25) is 0 Å². The van der Waals surface area contributed by atoms with Crippen LogP contribution in [0.2, 0.25) is 0 Å². The van der Waals surface area contributed by atoms with E-state index < -0.39 is 10.9 Å². The first-order valence-corrected chi connectivity index (χ1v) is 7.07.